The van der Waals surface area contributed by atoms with E-state index in [4.69, 9.17) is 14.5 Å². The molecule has 1 aliphatic heterocycles. The van der Waals surface area contributed by atoms with Gasteiger partial charge in [-0.05, 0) is 36.5 Å². The summed E-state index contributed by atoms with van der Waals surface area (Å²) in [6, 6.07) is 14.3. The van der Waals surface area contributed by atoms with Crippen LogP contribution in [0.1, 0.15) is 29.7 Å². The second-order valence-corrected chi connectivity index (χ2v) is 8.84. The predicted molar refractivity (Wildman–Crippen MR) is 126 cm³/mol. The highest BCUT2D eigenvalue weighted by Crippen LogP contribution is 2.40. The lowest BCUT2D eigenvalue weighted by Crippen LogP contribution is -2.46. The van der Waals surface area contributed by atoms with Crippen LogP contribution in [0.4, 0.5) is 10.1 Å². The number of rotatable bonds is 6. The number of likely N-dealkylation sites (tertiary alicyclic amines) is 1. The summed E-state index contributed by atoms with van der Waals surface area (Å²) in [5.74, 6) is 1.35. The number of aromatic nitrogens is 1. The first-order valence-corrected chi connectivity index (χ1v) is 11.4. The highest BCUT2D eigenvalue weighted by Gasteiger charge is 2.29. The fourth-order valence-electron chi connectivity index (χ4n) is 5.16. The van der Waals surface area contributed by atoms with Gasteiger partial charge in [0.15, 0.2) is 11.5 Å². The van der Waals surface area contributed by atoms with Gasteiger partial charge in [-0.1, -0.05) is 30.3 Å². The van der Waals surface area contributed by atoms with Crippen molar-refractivity contribution in [2.24, 2.45) is 0 Å². The molecule has 5 nitrogen and oxygen atoms in total. The number of halogens is 1. The van der Waals surface area contributed by atoms with Gasteiger partial charge in [-0.2, -0.15) is 0 Å². The Morgan fingerprint density at radius 1 is 1.06 bits per heavy atom. The van der Waals surface area contributed by atoms with Crippen LogP contribution in [-0.4, -0.2) is 49.4 Å². The lowest BCUT2D eigenvalue weighted by molar-refractivity contribution is 0.123. The second kappa shape index (κ2) is 8.94. The van der Waals surface area contributed by atoms with Crippen LogP contribution in [0.25, 0.3) is 10.9 Å². The monoisotopic (exact) mass is 435 g/mol. The first kappa shape index (κ1) is 21.0. The number of aryl methyl sites for hydroxylation is 1. The second-order valence-electron chi connectivity index (χ2n) is 8.84. The van der Waals surface area contributed by atoms with Gasteiger partial charge in [-0.25, -0.2) is 4.39 Å². The molecule has 1 unspecified atom stereocenters. The van der Waals surface area contributed by atoms with Crippen molar-refractivity contribution in [1.82, 2.24) is 9.88 Å². The van der Waals surface area contributed by atoms with Crippen molar-refractivity contribution in [3.8, 4) is 11.5 Å². The molecule has 1 fully saturated rings. The van der Waals surface area contributed by atoms with Crippen molar-refractivity contribution in [2.45, 2.75) is 44.4 Å². The molecule has 32 heavy (non-hydrogen) atoms. The van der Waals surface area contributed by atoms with Crippen molar-refractivity contribution in [3.05, 3.63) is 59.3 Å². The molecule has 0 saturated carbocycles. The van der Waals surface area contributed by atoms with Gasteiger partial charge in [-0.3, -0.25) is 9.88 Å². The number of nitrogens with one attached hydrogen (secondary N) is 1. The zero-order valence-corrected chi connectivity index (χ0v) is 18.7. The van der Waals surface area contributed by atoms with Crippen molar-refractivity contribution < 1.29 is 13.9 Å². The van der Waals surface area contributed by atoms with E-state index in [-0.39, 0.29) is 6.04 Å². The third-order valence-electron chi connectivity index (χ3n) is 6.59. The maximum Gasteiger partial charge on any atom is 0.162 e. The van der Waals surface area contributed by atoms with Crippen LogP contribution in [0.15, 0.2) is 42.5 Å². The summed E-state index contributed by atoms with van der Waals surface area (Å²) < 4.78 is 25.8. The maximum atomic E-state index is 14.8. The Bertz CT molecular complexity index is 1110. The van der Waals surface area contributed by atoms with Crippen molar-refractivity contribution in [3.63, 3.8) is 0 Å². The molecule has 2 aromatic carbocycles. The van der Waals surface area contributed by atoms with Gasteiger partial charge in [0.05, 0.1) is 19.7 Å². The Morgan fingerprint density at radius 3 is 2.62 bits per heavy atom. The number of ether oxygens (including phenoxy) is 2. The number of pyridine rings is 1. The summed E-state index contributed by atoms with van der Waals surface area (Å²) in [5, 5.41) is 4.75. The van der Waals surface area contributed by atoms with Crippen molar-refractivity contribution in [2.75, 3.05) is 32.6 Å². The molecule has 2 aliphatic rings. The van der Waals surface area contributed by atoms with Gasteiger partial charge in [0, 0.05) is 54.9 Å². The number of fused-ring (bicyclic) bond motifs is 2. The predicted octanol–water partition coefficient (Wildman–Crippen LogP) is 4.77. The summed E-state index contributed by atoms with van der Waals surface area (Å²) >= 11 is 0. The number of piperidine rings is 1. The molecule has 0 amide bonds. The summed E-state index contributed by atoms with van der Waals surface area (Å²) in [6.07, 6.45) is 2.73. The summed E-state index contributed by atoms with van der Waals surface area (Å²) in [6.45, 7) is 2.05. The third kappa shape index (κ3) is 4.11. The first-order chi connectivity index (χ1) is 15.6. The molecule has 1 N–H and O–H groups in total. The molecule has 1 aliphatic carbocycles. The molecule has 2 atom stereocenters. The molecular weight excluding hydrogens is 405 g/mol. The summed E-state index contributed by atoms with van der Waals surface area (Å²) in [4.78, 5) is 7.14. The van der Waals surface area contributed by atoms with Crippen LogP contribution in [-0.2, 0) is 19.4 Å². The van der Waals surface area contributed by atoms with E-state index in [1.807, 2.05) is 30.3 Å². The van der Waals surface area contributed by atoms with Gasteiger partial charge in [-0.15, -0.1) is 0 Å². The van der Waals surface area contributed by atoms with Crippen LogP contribution in [0.5, 0.6) is 11.5 Å². The van der Waals surface area contributed by atoms with Gasteiger partial charge in [0.25, 0.3) is 0 Å². The average Bonchev–Trinajstić information content (AvgIpc) is 3.27. The molecule has 0 spiro atoms. The van der Waals surface area contributed by atoms with Crippen molar-refractivity contribution in [1.29, 1.82) is 0 Å². The fourth-order valence-corrected chi connectivity index (χ4v) is 5.16. The minimum atomic E-state index is -0.847. The van der Waals surface area contributed by atoms with Crippen LogP contribution in [0.2, 0.25) is 0 Å². The number of benzene rings is 2. The number of methoxy groups -OCH3 is 2. The molecule has 5 rings (SSSR count). The number of hydrogen-bond acceptors (Lipinski definition) is 5. The average molecular weight is 436 g/mol. The summed E-state index contributed by atoms with van der Waals surface area (Å²) in [5.41, 5.74) is 5.59. The maximum absolute atomic E-state index is 14.8. The molecular formula is C26H30FN3O2. The third-order valence-corrected chi connectivity index (χ3v) is 6.59. The van der Waals surface area contributed by atoms with Gasteiger partial charge in [0.1, 0.15) is 6.17 Å². The Labute approximate surface area is 188 Å². The molecule has 0 radical (unpaired) electrons. The molecule has 2 heterocycles. The Morgan fingerprint density at radius 2 is 1.84 bits per heavy atom. The largest absolute Gasteiger partial charge is 0.493 e. The summed E-state index contributed by atoms with van der Waals surface area (Å²) in [7, 11) is 3.29. The van der Waals surface area contributed by atoms with E-state index >= 15 is 0 Å². The van der Waals surface area contributed by atoms with E-state index in [1.165, 1.54) is 11.1 Å². The highest BCUT2D eigenvalue weighted by molar-refractivity contribution is 5.96. The number of hydrogen-bond donors (Lipinski definition) is 1. The highest BCUT2D eigenvalue weighted by atomic mass is 19.1. The quantitative estimate of drug-likeness (QED) is 0.605. The lowest BCUT2D eigenvalue weighted by Gasteiger charge is -2.36. The number of anilines is 1. The van der Waals surface area contributed by atoms with Gasteiger partial charge in [0.2, 0.25) is 0 Å². The van der Waals surface area contributed by atoms with Crippen LogP contribution in [0, 0.1) is 0 Å². The topological polar surface area (TPSA) is 46.6 Å². The van der Waals surface area contributed by atoms with E-state index in [0.29, 0.717) is 24.5 Å². The SMILES string of the molecule is COc1cc2nc3c(c(NC4C[C@@H](F)CN(Cc5ccccc5)C4)c2cc1OC)CCC3. The molecule has 1 aromatic heterocycles. The number of nitrogens with zero attached hydrogens (tertiary/aromatic N) is 2. The molecule has 6 heteroatoms. The Balaban J connectivity index is 1.47. The van der Waals surface area contributed by atoms with Crippen LogP contribution in [0.3, 0.4) is 0 Å². The van der Waals surface area contributed by atoms with E-state index in [0.717, 1.165) is 54.6 Å². The first-order valence-electron chi connectivity index (χ1n) is 11.4. The lowest BCUT2D eigenvalue weighted by atomic mass is 10.0. The van der Waals surface area contributed by atoms with E-state index in [9.17, 15) is 4.39 Å². The van der Waals surface area contributed by atoms with Crippen molar-refractivity contribution >= 4 is 16.6 Å². The molecule has 0 bridgehead atoms. The standard InChI is InChI=1S/C26H30FN3O2/c1-31-24-12-21-23(13-25(24)32-2)29-22-10-6-9-20(22)26(21)28-19-11-18(27)15-30(16-19)14-17-7-4-3-5-8-17/h3-5,7-8,12-13,18-19H,6,9-11,14-16H2,1-2H3,(H,28,29)/t18-,19?/m1/s1. The number of alkyl halides is 1. The Hall–Kier alpha value is -2.86. The minimum Gasteiger partial charge on any atom is -0.493 e. The Kier molecular flexibility index (Phi) is 5.87. The van der Waals surface area contributed by atoms with E-state index in [1.54, 1.807) is 14.2 Å². The van der Waals surface area contributed by atoms with E-state index in [2.05, 4.69) is 22.3 Å². The van der Waals surface area contributed by atoms with Crippen LogP contribution < -0.4 is 14.8 Å². The zero-order chi connectivity index (χ0) is 22.1. The zero-order valence-electron chi connectivity index (χ0n) is 18.7. The smallest absolute Gasteiger partial charge is 0.162 e. The van der Waals surface area contributed by atoms with Gasteiger partial charge < -0.3 is 14.8 Å². The fraction of sp³-hybridized carbons (Fsp3) is 0.423. The molecule has 1 saturated heterocycles. The minimum absolute atomic E-state index is 0.0332. The molecule has 168 valence electrons. The van der Waals surface area contributed by atoms with Gasteiger partial charge >= 0.3 is 0 Å². The van der Waals surface area contributed by atoms with Crippen LogP contribution >= 0.6 is 0 Å². The molecule has 3 aromatic rings. The van der Waals surface area contributed by atoms with E-state index < -0.39 is 6.17 Å². The normalized spacial score (nSPS) is 20.8.